The second-order valence-electron chi connectivity index (χ2n) is 6.13. The number of nitrogens with one attached hydrogen (secondary N) is 1. The topological polar surface area (TPSA) is 50.8 Å². The predicted octanol–water partition coefficient (Wildman–Crippen LogP) is 2.90. The molecule has 1 atom stereocenters. The van der Waals surface area contributed by atoms with Gasteiger partial charge in [0.25, 0.3) is 5.91 Å². The van der Waals surface area contributed by atoms with Crippen LogP contribution in [0.1, 0.15) is 22.0 Å². The summed E-state index contributed by atoms with van der Waals surface area (Å²) in [5.41, 5.74) is 1.64. The van der Waals surface area contributed by atoms with Crippen LogP contribution in [0.4, 0.5) is 0 Å². The molecule has 1 saturated heterocycles. The summed E-state index contributed by atoms with van der Waals surface area (Å²) in [6.45, 7) is 3.16. The van der Waals surface area contributed by atoms with E-state index in [0.29, 0.717) is 48.4 Å². The smallest absolute Gasteiger partial charge is 0.254 e. The Hall–Kier alpha value is -2.24. The first-order valence-electron chi connectivity index (χ1n) is 8.39. The summed E-state index contributed by atoms with van der Waals surface area (Å²) in [4.78, 5) is 15.0. The Labute approximate surface area is 151 Å². The van der Waals surface area contributed by atoms with Gasteiger partial charge in [-0.05, 0) is 35.9 Å². The molecule has 1 unspecified atom stereocenters. The van der Waals surface area contributed by atoms with Gasteiger partial charge in [0, 0.05) is 30.2 Å². The number of hydrogen-bond acceptors (Lipinski definition) is 4. The van der Waals surface area contributed by atoms with E-state index in [9.17, 15) is 4.79 Å². The van der Waals surface area contributed by atoms with E-state index < -0.39 is 0 Å². The third-order valence-electron chi connectivity index (χ3n) is 4.53. The Morgan fingerprint density at radius 3 is 2.80 bits per heavy atom. The Kier molecular flexibility index (Phi) is 4.51. The van der Waals surface area contributed by atoms with Crippen LogP contribution in [0.15, 0.2) is 42.5 Å². The fraction of sp³-hybridized carbons (Fsp3) is 0.316. The number of halogens is 1. The molecular weight excluding hydrogens is 340 g/mol. The summed E-state index contributed by atoms with van der Waals surface area (Å²) >= 11 is 6.13. The van der Waals surface area contributed by atoms with Gasteiger partial charge < -0.3 is 19.7 Å². The van der Waals surface area contributed by atoms with E-state index in [1.54, 1.807) is 18.2 Å². The summed E-state index contributed by atoms with van der Waals surface area (Å²) in [5, 5.41) is 4.03. The minimum Gasteiger partial charge on any atom is -0.486 e. The van der Waals surface area contributed by atoms with Crippen molar-refractivity contribution in [3.05, 3.63) is 58.6 Å². The summed E-state index contributed by atoms with van der Waals surface area (Å²) in [6, 6.07) is 13.0. The fourth-order valence-corrected chi connectivity index (χ4v) is 3.50. The van der Waals surface area contributed by atoms with Gasteiger partial charge in [0.15, 0.2) is 11.5 Å². The molecule has 0 saturated carbocycles. The number of carbonyl (C=O) groups excluding carboxylic acids is 1. The summed E-state index contributed by atoms with van der Waals surface area (Å²) in [6.07, 6.45) is 0. The Bertz CT molecular complexity index is 796. The third kappa shape index (κ3) is 3.30. The fourth-order valence-electron chi connectivity index (χ4n) is 3.30. The molecule has 2 aliphatic rings. The van der Waals surface area contributed by atoms with Crippen LogP contribution in [0.3, 0.4) is 0 Å². The highest BCUT2D eigenvalue weighted by atomic mass is 35.5. The van der Waals surface area contributed by atoms with Gasteiger partial charge in [-0.15, -0.1) is 0 Å². The second-order valence-corrected chi connectivity index (χ2v) is 6.57. The summed E-state index contributed by atoms with van der Waals surface area (Å²) in [5.74, 6) is 1.31. The molecule has 6 heteroatoms. The number of nitrogens with zero attached hydrogens (tertiary/aromatic N) is 1. The SMILES string of the molecule is O=C(c1ccc2c(c1)OCCO2)N1CCNCC1c1cccc(Cl)c1. The number of hydrogen-bond donors (Lipinski definition) is 1. The van der Waals surface area contributed by atoms with Crippen molar-refractivity contribution in [1.82, 2.24) is 10.2 Å². The third-order valence-corrected chi connectivity index (χ3v) is 4.76. The highest BCUT2D eigenvalue weighted by molar-refractivity contribution is 6.30. The van der Waals surface area contributed by atoms with Crippen LogP contribution >= 0.6 is 11.6 Å². The predicted molar refractivity (Wildman–Crippen MR) is 95.5 cm³/mol. The van der Waals surface area contributed by atoms with Crippen LogP contribution in [0.25, 0.3) is 0 Å². The lowest BCUT2D eigenvalue weighted by molar-refractivity contribution is 0.0633. The minimum absolute atomic E-state index is 0.0107. The van der Waals surface area contributed by atoms with Crippen molar-refractivity contribution >= 4 is 17.5 Å². The number of piperazine rings is 1. The average Bonchev–Trinajstić information content (AvgIpc) is 2.67. The molecule has 4 rings (SSSR count). The van der Waals surface area contributed by atoms with Crippen molar-refractivity contribution in [3.63, 3.8) is 0 Å². The summed E-state index contributed by atoms with van der Waals surface area (Å²) in [7, 11) is 0. The first-order valence-corrected chi connectivity index (χ1v) is 8.77. The van der Waals surface area contributed by atoms with Crippen molar-refractivity contribution in [1.29, 1.82) is 0 Å². The number of amides is 1. The second kappa shape index (κ2) is 6.94. The van der Waals surface area contributed by atoms with Crippen molar-refractivity contribution in [2.24, 2.45) is 0 Å². The number of benzene rings is 2. The monoisotopic (exact) mass is 358 g/mol. The molecule has 25 heavy (non-hydrogen) atoms. The first-order chi connectivity index (χ1) is 12.2. The van der Waals surface area contributed by atoms with Gasteiger partial charge in [-0.2, -0.15) is 0 Å². The Balaban J connectivity index is 1.63. The van der Waals surface area contributed by atoms with Gasteiger partial charge in [0.1, 0.15) is 13.2 Å². The zero-order chi connectivity index (χ0) is 17.2. The van der Waals surface area contributed by atoms with E-state index in [2.05, 4.69) is 5.32 Å². The molecule has 0 radical (unpaired) electrons. The summed E-state index contributed by atoms with van der Waals surface area (Å²) < 4.78 is 11.1. The van der Waals surface area contributed by atoms with E-state index in [1.165, 1.54) is 0 Å². The molecule has 0 bridgehead atoms. The van der Waals surface area contributed by atoms with Crippen molar-refractivity contribution in [2.45, 2.75) is 6.04 Å². The molecular formula is C19H19ClN2O3. The maximum Gasteiger partial charge on any atom is 0.254 e. The maximum atomic E-state index is 13.1. The number of fused-ring (bicyclic) bond motifs is 1. The molecule has 0 spiro atoms. The standard InChI is InChI=1S/C19H19ClN2O3/c20-15-3-1-2-13(10-15)16-12-21-6-7-22(16)19(23)14-4-5-17-18(11-14)25-9-8-24-17/h1-5,10-11,16,21H,6-9,12H2. The Morgan fingerprint density at radius 2 is 1.96 bits per heavy atom. The highest BCUT2D eigenvalue weighted by Gasteiger charge is 2.29. The van der Waals surface area contributed by atoms with Crippen LogP contribution in [0.5, 0.6) is 11.5 Å². The lowest BCUT2D eigenvalue weighted by Crippen LogP contribution is -2.48. The average molecular weight is 359 g/mol. The molecule has 130 valence electrons. The van der Waals surface area contributed by atoms with E-state index >= 15 is 0 Å². The maximum absolute atomic E-state index is 13.1. The quantitative estimate of drug-likeness (QED) is 0.896. The molecule has 2 aromatic carbocycles. The largest absolute Gasteiger partial charge is 0.486 e. The van der Waals surface area contributed by atoms with E-state index in [4.69, 9.17) is 21.1 Å². The van der Waals surface area contributed by atoms with Crippen molar-refractivity contribution in [3.8, 4) is 11.5 Å². The number of ether oxygens (including phenoxy) is 2. The van der Waals surface area contributed by atoms with E-state index in [0.717, 1.165) is 12.1 Å². The van der Waals surface area contributed by atoms with Crippen LogP contribution in [0.2, 0.25) is 5.02 Å². The van der Waals surface area contributed by atoms with Gasteiger partial charge in [-0.1, -0.05) is 23.7 Å². The minimum atomic E-state index is -0.0480. The Morgan fingerprint density at radius 1 is 1.12 bits per heavy atom. The van der Waals surface area contributed by atoms with Gasteiger partial charge >= 0.3 is 0 Å². The number of carbonyl (C=O) groups is 1. The molecule has 0 aliphatic carbocycles. The molecule has 2 aromatic rings. The normalized spacial score (nSPS) is 19.6. The lowest BCUT2D eigenvalue weighted by Gasteiger charge is -2.37. The molecule has 2 heterocycles. The lowest BCUT2D eigenvalue weighted by atomic mass is 10.0. The zero-order valence-corrected chi connectivity index (χ0v) is 14.5. The van der Waals surface area contributed by atoms with E-state index in [1.807, 2.05) is 29.2 Å². The van der Waals surface area contributed by atoms with Crippen molar-refractivity contribution in [2.75, 3.05) is 32.8 Å². The van der Waals surface area contributed by atoms with Crippen LogP contribution < -0.4 is 14.8 Å². The molecule has 1 N–H and O–H groups in total. The molecule has 1 amide bonds. The van der Waals surface area contributed by atoms with Gasteiger partial charge in [0.2, 0.25) is 0 Å². The van der Waals surface area contributed by atoms with Gasteiger partial charge in [-0.25, -0.2) is 0 Å². The van der Waals surface area contributed by atoms with Crippen LogP contribution in [0, 0.1) is 0 Å². The van der Waals surface area contributed by atoms with Crippen LogP contribution in [-0.2, 0) is 0 Å². The first kappa shape index (κ1) is 16.2. The molecule has 2 aliphatic heterocycles. The molecule has 1 fully saturated rings. The van der Waals surface area contributed by atoms with Crippen molar-refractivity contribution < 1.29 is 14.3 Å². The number of rotatable bonds is 2. The van der Waals surface area contributed by atoms with Gasteiger partial charge in [-0.3, -0.25) is 4.79 Å². The van der Waals surface area contributed by atoms with Gasteiger partial charge in [0.05, 0.1) is 6.04 Å². The highest BCUT2D eigenvalue weighted by Crippen LogP contribution is 2.32. The molecule has 5 nitrogen and oxygen atoms in total. The van der Waals surface area contributed by atoms with Crippen LogP contribution in [-0.4, -0.2) is 43.7 Å². The van der Waals surface area contributed by atoms with E-state index in [-0.39, 0.29) is 11.9 Å². The molecule has 0 aromatic heterocycles. The zero-order valence-electron chi connectivity index (χ0n) is 13.7.